The predicted molar refractivity (Wildman–Crippen MR) is 64.4 cm³/mol. The molecule has 2 amide bonds. The lowest BCUT2D eigenvalue weighted by atomic mass is 9.98. The van der Waals surface area contributed by atoms with Crippen LogP contribution in [-0.4, -0.2) is 37.5 Å². The minimum absolute atomic E-state index is 0.0271. The van der Waals surface area contributed by atoms with Crippen LogP contribution in [0.5, 0.6) is 0 Å². The normalized spacial score (nSPS) is 30.2. The van der Waals surface area contributed by atoms with E-state index in [9.17, 15) is 9.59 Å². The molecule has 1 unspecified atom stereocenters. The van der Waals surface area contributed by atoms with Crippen molar-refractivity contribution in [1.29, 1.82) is 0 Å². The van der Waals surface area contributed by atoms with Crippen molar-refractivity contribution in [3.8, 4) is 0 Å². The van der Waals surface area contributed by atoms with Crippen LogP contribution in [0.1, 0.15) is 32.1 Å². The van der Waals surface area contributed by atoms with Gasteiger partial charge in [-0.25, -0.2) is 0 Å². The summed E-state index contributed by atoms with van der Waals surface area (Å²) < 4.78 is 0. The van der Waals surface area contributed by atoms with Crippen molar-refractivity contribution in [2.45, 2.75) is 38.1 Å². The molecule has 5 nitrogen and oxygen atoms in total. The van der Waals surface area contributed by atoms with Gasteiger partial charge in [0.1, 0.15) is 6.04 Å². The average Bonchev–Trinajstić information content (AvgIpc) is 2.56. The molecule has 2 heterocycles. The number of carbonyl (C=O) groups excluding carboxylic acids is 2. The first-order valence-electron chi connectivity index (χ1n) is 6.56. The lowest BCUT2D eigenvalue weighted by Crippen LogP contribution is -2.49. The summed E-state index contributed by atoms with van der Waals surface area (Å²) in [5.74, 6) is 0.0265. The molecule has 0 aromatic carbocycles. The zero-order chi connectivity index (χ0) is 12.1. The number of rotatable bonds is 2. The van der Waals surface area contributed by atoms with E-state index >= 15 is 0 Å². The van der Waals surface area contributed by atoms with E-state index in [0.29, 0.717) is 0 Å². The molecule has 2 rings (SSSR count). The fourth-order valence-corrected chi connectivity index (χ4v) is 2.44. The Labute approximate surface area is 102 Å². The van der Waals surface area contributed by atoms with Gasteiger partial charge < -0.3 is 16.0 Å². The highest BCUT2D eigenvalue weighted by Gasteiger charge is 2.27. The monoisotopic (exact) mass is 239 g/mol. The first-order chi connectivity index (χ1) is 8.27. The molecule has 2 aliphatic rings. The zero-order valence-corrected chi connectivity index (χ0v) is 10.1. The van der Waals surface area contributed by atoms with Crippen molar-refractivity contribution in [2.24, 2.45) is 5.92 Å². The molecule has 2 saturated heterocycles. The number of piperidine rings is 1. The molecule has 0 saturated carbocycles. The van der Waals surface area contributed by atoms with Crippen LogP contribution in [0.4, 0.5) is 0 Å². The van der Waals surface area contributed by atoms with E-state index in [1.54, 1.807) is 0 Å². The fourth-order valence-electron chi connectivity index (χ4n) is 2.44. The predicted octanol–water partition coefficient (Wildman–Crippen LogP) is -0.229. The Morgan fingerprint density at radius 2 is 2.06 bits per heavy atom. The van der Waals surface area contributed by atoms with Crippen LogP contribution in [0, 0.1) is 5.92 Å². The Kier molecular flexibility index (Phi) is 4.36. The van der Waals surface area contributed by atoms with Crippen molar-refractivity contribution in [1.82, 2.24) is 16.0 Å². The van der Waals surface area contributed by atoms with Crippen molar-refractivity contribution in [3.05, 3.63) is 0 Å². The van der Waals surface area contributed by atoms with Gasteiger partial charge in [0.25, 0.3) is 0 Å². The summed E-state index contributed by atoms with van der Waals surface area (Å²) in [6, 6.07) is -0.327. The number of hydrogen-bond donors (Lipinski definition) is 3. The summed E-state index contributed by atoms with van der Waals surface area (Å²) in [6.07, 6.45) is 4.72. The molecule has 0 bridgehead atoms. The fraction of sp³-hybridized carbons (Fsp3) is 0.833. The molecule has 2 aliphatic heterocycles. The van der Waals surface area contributed by atoms with E-state index in [-0.39, 0.29) is 23.8 Å². The highest BCUT2D eigenvalue weighted by molar-refractivity contribution is 5.88. The molecule has 5 heteroatoms. The van der Waals surface area contributed by atoms with E-state index in [4.69, 9.17) is 0 Å². The highest BCUT2D eigenvalue weighted by Crippen LogP contribution is 2.12. The van der Waals surface area contributed by atoms with E-state index in [1.165, 1.54) is 0 Å². The topological polar surface area (TPSA) is 70.2 Å². The SMILES string of the molecule is O=C1NCCCCC1NC(=O)[C@@H]1CCCNC1. The molecule has 96 valence electrons. The third-order valence-electron chi connectivity index (χ3n) is 3.52. The second-order valence-corrected chi connectivity index (χ2v) is 4.89. The highest BCUT2D eigenvalue weighted by atomic mass is 16.2. The van der Waals surface area contributed by atoms with Gasteiger partial charge in [-0.2, -0.15) is 0 Å². The largest absolute Gasteiger partial charge is 0.354 e. The van der Waals surface area contributed by atoms with Gasteiger partial charge in [-0.1, -0.05) is 0 Å². The van der Waals surface area contributed by atoms with E-state index < -0.39 is 0 Å². The Bertz CT molecular complexity index is 287. The lowest BCUT2D eigenvalue weighted by Gasteiger charge is -2.24. The van der Waals surface area contributed by atoms with Crippen molar-refractivity contribution in [2.75, 3.05) is 19.6 Å². The Morgan fingerprint density at radius 3 is 2.82 bits per heavy atom. The van der Waals surface area contributed by atoms with Crippen LogP contribution in [0.2, 0.25) is 0 Å². The van der Waals surface area contributed by atoms with E-state index in [0.717, 1.165) is 51.7 Å². The van der Waals surface area contributed by atoms with Crippen molar-refractivity contribution in [3.63, 3.8) is 0 Å². The van der Waals surface area contributed by atoms with Gasteiger partial charge in [0.2, 0.25) is 11.8 Å². The lowest BCUT2D eigenvalue weighted by molar-refractivity contribution is -0.131. The summed E-state index contributed by atoms with van der Waals surface area (Å²) >= 11 is 0. The van der Waals surface area contributed by atoms with Crippen LogP contribution in [0.3, 0.4) is 0 Å². The van der Waals surface area contributed by atoms with Gasteiger partial charge in [0, 0.05) is 13.1 Å². The minimum Gasteiger partial charge on any atom is -0.354 e. The molecule has 0 aromatic heterocycles. The number of nitrogens with one attached hydrogen (secondary N) is 3. The molecule has 0 spiro atoms. The molecule has 2 fully saturated rings. The Balaban J connectivity index is 1.85. The number of carbonyl (C=O) groups is 2. The molecule has 0 aliphatic carbocycles. The Hall–Kier alpha value is -1.10. The summed E-state index contributed by atoms with van der Waals surface area (Å²) in [5, 5.41) is 8.94. The molecule has 3 N–H and O–H groups in total. The average molecular weight is 239 g/mol. The van der Waals surface area contributed by atoms with Crippen LogP contribution < -0.4 is 16.0 Å². The minimum atomic E-state index is -0.327. The van der Waals surface area contributed by atoms with Crippen molar-refractivity contribution < 1.29 is 9.59 Å². The molecule has 0 radical (unpaired) electrons. The van der Waals surface area contributed by atoms with E-state index in [1.807, 2.05) is 0 Å². The summed E-state index contributed by atoms with van der Waals surface area (Å²) in [7, 11) is 0. The first kappa shape index (κ1) is 12.4. The van der Waals surface area contributed by atoms with Gasteiger partial charge >= 0.3 is 0 Å². The van der Waals surface area contributed by atoms with Gasteiger partial charge in [0.15, 0.2) is 0 Å². The third-order valence-corrected chi connectivity index (χ3v) is 3.52. The standard InChI is InChI=1S/C12H21N3O2/c16-11(9-4-3-6-13-8-9)15-10-5-1-2-7-14-12(10)17/h9-10,13H,1-8H2,(H,14,17)(H,15,16)/t9-,10?/m1/s1. The maximum absolute atomic E-state index is 12.0. The van der Waals surface area contributed by atoms with Gasteiger partial charge in [-0.05, 0) is 38.6 Å². The van der Waals surface area contributed by atoms with Gasteiger partial charge in [-0.3, -0.25) is 9.59 Å². The van der Waals surface area contributed by atoms with Gasteiger partial charge in [0.05, 0.1) is 5.92 Å². The van der Waals surface area contributed by atoms with Crippen LogP contribution in [0.15, 0.2) is 0 Å². The van der Waals surface area contributed by atoms with Gasteiger partial charge in [-0.15, -0.1) is 0 Å². The summed E-state index contributed by atoms with van der Waals surface area (Å²) in [4.78, 5) is 23.7. The quantitative estimate of drug-likeness (QED) is 0.623. The number of hydrogen-bond acceptors (Lipinski definition) is 3. The zero-order valence-electron chi connectivity index (χ0n) is 10.1. The van der Waals surface area contributed by atoms with Crippen LogP contribution >= 0.6 is 0 Å². The maximum Gasteiger partial charge on any atom is 0.242 e. The number of amides is 2. The smallest absolute Gasteiger partial charge is 0.242 e. The summed E-state index contributed by atoms with van der Waals surface area (Å²) in [6.45, 7) is 2.46. The summed E-state index contributed by atoms with van der Waals surface area (Å²) in [5.41, 5.74) is 0. The molecular weight excluding hydrogens is 218 g/mol. The van der Waals surface area contributed by atoms with Crippen LogP contribution in [0.25, 0.3) is 0 Å². The second-order valence-electron chi connectivity index (χ2n) is 4.89. The third kappa shape index (κ3) is 3.43. The first-order valence-corrected chi connectivity index (χ1v) is 6.56. The van der Waals surface area contributed by atoms with E-state index in [2.05, 4.69) is 16.0 Å². The molecule has 17 heavy (non-hydrogen) atoms. The van der Waals surface area contributed by atoms with Crippen molar-refractivity contribution >= 4 is 11.8 Å². The Morgan fingerprint density at radius 1 is 1.18 bits per heavy atom. The van der Waals surface area contributed by atoms with Crippen LogP contribution in [-0.2, 0) is 9.59 Å². The maximum atomic E-state index is 12.0. The molecule has 0 aromatic rings. The molecule has 2 atom stereocenters. The molecular formula is C12H21N3O2. The second kappa shape index (κ2) is 6.00.